The molecule has 35 heavy (non-hydrogen) atoms. The van der Waals surface area contributed by atoms with E-state index in [0.717, 1.165) is 28.5 Å². The number of carbonyl (C=O) groups is 2. The van der Waals surface area contributed by atoms with Crippen LogP contribution in [0.1, 0.15) is 22.3 Å². The van der Waals surface area contributed by atoms with Gasteiger partial charge in [0.1, 0.15) is 22.5 Å². The minimum Gasteiger partial charge on any atom is -0.321 e. The van der Waals surface area contributed by atoms with Gasteiger partial charge in [-0.2, -0.15) is 5.26 Å². The van der Waals surface area contributed by atoms with Crippen LogP contribution in [0.5, 0.6) is 0 Å². The van der Waals surface area contributed by atoms with Crippen molar-refractivity contribution >= 4 is 35.0 Å². The smallest absolute Gasteiger partial charge is 0.269 e. The zero-order chi connectivity index (χ0) is 25.1. The monoisotopic (exact) mass is 485 g/mol. The van der Waals surface area contributed by atoms with Gasteiger partial charge in [0.05, 0.1) is 5.25 Å². The lowest BCUT2D eigenvalue weighted by molar-refractivity contribution is -0.117. The number of hydrogen-bond acceptors (Lipinski definition) is 4. The van der Waals surface area contributed by atoms with Crippen molar-refractivity contribution in [1.29, 1.82) is 5.26 Å². The zero-order valence-electron chi connectivity index (χ0n) is 19.6. The molecular weight excluding hydrogens is 461 g/mol. The molecule has 0 aliphatic carbocycles. The molecular formula is C28H24FN3O2S. The van der Waals surface area contributed by atoms with E-state index in [2.05, 4.69) is 5.32 Å². The van der Waals surface area contributed by atoms with Crippen LogP contribution in [0.2, 0.25) is 0 Å². The van der Waals surface area contributed by atoms with Gasteiger partial charge in [0.15, 0.2) is 0 Å². The molecule has 0 aromatic heterocycles. The van der Waals surface area contributed by atoms with Crippen molar-refractivity contribution in [2.45, 2.75) is 32.4 Å². The van der Waals surface area contributed by atoms with Gasteiger partial charge in [0.2, 0.25) is 5.91 Å². The number of nitrogens with zero attached hydrogens (tertiary/aromatic N) is 2. The molecule has 1 saturated heterocycles. The van der Waals surface area contributed by atoms with Gasteiger partial charge >= 0.3 is 0 Å². The highest BCUT2D eigenvalue weighted by atomic mass is 32.2. The number of anilines is 2. The maximum absolute atomic E-state index is 14.4. The van der Waals surface area contributed by atoms with Crippen LogP contribution in [-0.4, -0.2) is 17.1 Å². The predicted octanol–water partition coefficient (Wildman–Crippen LogP) is 5.82. The number of benzene rings is 3. The molecule has 3 aromatic carbocycles. The summed E-state index contributed by atoms with van der Waals surface area (Å²) in [6.45, 7) is 5.76. The van der Waals surface area contributed by atoms with E-state index in [0.29, 0.717) is 16.9 Å². The fourth-order valence-electron chi connectivity index (χ4n) is 3.85. The second kappa shape index (κ2) is 10.2. The number of carbonyl (C=O) groups excluding carboxylic acids is 2. The first kappa shape index (κ1) is 24.2. The largest absolute Gasteiger partial charge is 0.321 e. The molecule has 1 heterocycles. The molecule has 1 unspecified atom stereocenters. The number of para-hydroxylation sites is 1. The highest BCUT2D eigenvalue weighted by Crippen LogP contribution is 2.42. The molecule has 5 nitrogen and oxygen atoms in total. The highest BCUT2D eigenvalue weighted by Gasteiger charge is 2.41. The van der Waals surface area contributed by atoms with Crippen LogP contribution >= 0.6 is 11.8 Å². The second-order valence-electron chi connectivity index (χ2n) is 8.41. The predicted molar refractivity (Wildman–Crippen MR) is 137 cm³/mol. The first-order valence-electron chi connectivity index (χ1n) is 11.1. The summed E-state index contributed by atoms with van der Waals surface area (Å²) in [5, 5.41) is 12.3. The summed E-state index contributed by atoms with van der Waals surface area (Å²) >= 11 is 1.12. The molecule has 4 rings (SSSR count). The van der Waals surface area contributed by atoms with Gasteiger partial charge in [0, 0.05) is 11.4 Å². The number of halogens is 1. The van der Waals surface area contributed by atoms with Crippen molar-refractivity contribution in [3.05, 3.63) is 105 Å². The Morgan fingerprint density at radius 1 is 1.03 bits per heavy atom. The normalized spacial score (nSPS) is 16.7. The third-order valence-corrected chi connectivity index (χ3v) is 7.27. The van der Waals surface area contributed by atoms with Crippen molar-refractivity contribution < 1.29 is 14.0 Å². The molecule has 7 heteroatoms. The van der Waals surface area contributed by atoms with E-state index < -0.39 is 17.0 Å². The Morgan fingerprint density at radius 3 is 2.43 bits per heavy atom. The number of aryl methyl sites for hydroxylation is 3. The average molecular weight is 486 g/mol. The first-order chi connectivity index (χ1) is 16.8. The van der Waals surface area contributed by atoms with Crippen LogP contribution in [0, 0.1) is 37.9 Å². The minimum absolute atomic E-state index is 0.138. The van der Waals surface area contributed by atoms with E-state index in [1.807, 2.05) is 51.1 Å². The molecule has 1 aliphatic rings. The van der Waals surface area contributed by atoms with E-state index in [1.165, 1.54) is 11.0 Å². The van der Waals surface area contributed by atoms with Crippen molar-refractivity contribution in [2.24, 2.45) is 0 Å². The summed E-state index contributed by atoms with van der Waals surface area (Å²) < 4.78 is 14.4. The van der Waals surface area contributed by atoms with E-state index in [1.54, 1.807) is 36.4 Å². The summed E-state index contributed by atoms with van der Waals surface area (Å²) in [6, 6.07) is 21.1. The molecule has 3 aromatic rings. The van der Waals surface area contributed by atoms with Gasteiger partial charge in [-0.05, 0) is 73.7 Å². The van der Waals surface area contributed by atoms with Gasteiger partial charge in [0.25, 0.3) is 5.91 Å². The van der Waals surface area contributed by atoms with Gasteiger partial charge in [-0.25, -0.2) is 4.39 Å². The third kappa shape index (κ3) is 4.98. The molecule has 0 spiro atoms. The van der Waals surface area contributed by atoms with E-state index in [4.69, 9.17) is 0 Å². The van der Waals surface area contributed by atoms with Gasteiger partial charge < -0.3 is 5.32 Å². The van der Waals surface area contributed by atoms with E-state index in [-0.39, 0.29) is 22.9 Å². The van der Waals surface area contributed by atoms with Gasteiger partial charge in [-0.1, -0.05) is 54.2 Å². The number of amides is 2. The molecule has 1 aliphatic heterocycles. The number of rotatable bonds is 5. The second-order valence-corrected chi connectivity index (χ2v) is 9.60. The Balaban J connectivity index is 1.77. The van der Waals surface area contributed by atoms with Crippen LogP contribution in [-0.2, 0) is 16.0 Å². The molecule has 0 radical (unpaired) electrons. The van der Waals surface area contributed by atoms with Crippen LogP contribution in [0.3, 0.4) is 0 Å². The van der Waals surface area contributed by atoms with Crippen molar-refractivity contribution in [2.75, 3.05) is 10.2 Å². The number of thioether (sulfide) groups is 1. The lowest BCUT2D eigenvalue weighted by atomic mass is 10.1. The Kier molecular flexibility index (Phi) is 7.04. The maximum atomic E-state index is 14.4. The number of nitriles is 1. The number of hydrogen-bond donors (Lipinski definition) is 1. The van der Waals surface area contributed by atoms with Crippen molar-refractivity contribution in [3.63, 3.8) is 0 Å². The number of nitrogens with one attached hydrogen (secondary N) is 1. The van der Waals surface area contributed by atoms with E-state index in [9.17, 15) is 19.2 Å². The molecule has 2 amide bonds. The van der Waals surface area contributed by atoms with E-state index >= 15 is 0 Å². The molecule has 0 saturated carbocycles. The highest BCUT2D eigenvalue weighted by molar-refractivity contribution is 8.05. The molecule has 1 atom stereocenters. The quantitative estimate of drug-likeness (QED) is 0.365. The third-order valence-electron chi connectivity index (χ3n) is 6.01. The summed E-state index contributed by atoms with van der Waals surface area (Å²) in [7, 11) is 0. The Hall–Kier alpha value is -3.89. The van der Waals surface area contributed by atoms with Crippen LogP contribution < -0.4 is 10.2 Å². The summed E-state index contributed by atoms with van der Waals surface area (Å²) in [6.07, 6.45) is 0.138. The summed E-state index contributed by atoms with van der Waals surface area (Å²) in [4.78, 5) is 28.2. The van der Waals surface area contributed by atoms with Crippen LogP contribution in [0.4, 0.5) is 15.8 Å². The molecule has 176 valence electrons. The molecule has 1 N–H and O–H groups in total. The van der Waals surface area contributed by atoms with Gasteiger partial charge in [-0.3, -0.25) is 14.5 Å². The Bertz CT molecular complexity index is 1390. The Labute approximate surface area is 208 Å². The van der Waals surface area contributed by atoms with Crippen molar-refractivity contribution in [1.82, 2.24) is 0 Å². The van der Waals surface area contributed by atoms with Crippen LogP contribution in [0.15, 0.2) is 77.3 Å². The SMILES string of the molecule is Cc1ccc(N2C(=O)C(Cc3ccccc3F)S/C2=C(/C#N)C(=O)Nc2ccccc2C)cc1C. The zero-order valence-corrected chi connectivity index (χ0v) is 20.4. The average Bonchev–Trinajstić information content (AvgIpc) is 3.14. The van der Waals surface area contributed by atoms with Crippen LogP contribution in [0.25, 0.3) is 0 Å². The first-order valence-corrected chi connectivity index (χ1v) is 12.0. The fraction of sp³-hybridized carbons (Fsp3) is 0.179. The lowest BCUT2D eigenvalue weighted by Crippen LogP contribution is -2.31. The topological polar surface area (TPSA) is 73.2 Å². The minimum atomic E-state index is -0.682. The molecule has 1 fully saturated rings. The summed E-state index contributed by atoms with van der Waals surface area (Å²) in [5.41, 5.74) is 4.26. The Morgan fingerprint density at radius 2 is 1.74 bits per heavy atom. The maximum Gasteiger partial charge on any atom is 0.269 e. The summed E-state index contributed by atoms with van der Waals surface area (Å²) in [5.74, 6) is -1.29. The fourth-order valence-corrected chi connectivity index (χ4v) is 5.14. The lowest BCUT2D eigenvalue weighted by Gasteiger charge is -2.20. The van der Waals surface area contributed by atoms with Gasteiger partial charge in [-0.15, -0.1) is 0 Å². The molecule has 0 bridgehead atoms. The van der Waals surface area contributed by atoms with Crippen molar-refractivity contribution in [3.8, 4) is 6.07 Å². The standard InChI is InChI=1S/C28H24FN3O2S/c1-17-12-13-21(14-19(17)3)32-27(34)25(15-20-9-5-6-10-23(20)29)35-28(32)22(16-30)26(33)31-24-11-7-4-8-18(24)2/h4-14,25H,15H2,1-3H3,(H,31,33)/b28-22-.